The van der Waals surface area contributed by atoms with Crippen molar-refractivity contribution in [3.63, 3.8) is 0 Å². The number of aromatic nitrogens is 2. The van der Waals surface area contributed by atoms with Gasteiger partial charge in [-0.2, -0.15) is 0 Å². The Kier molecular flexibility index (Phi) is 7.07. The molecule has 1 unspecified atom stereocenters. The van der Waals surface area contributed by atoms with E-state index in [1.54, 1.807) is 7.11 Å². The van der Waals surface area contributed by atoms with Crippen molar-refractivity contribution < 1.29 is 4.74 Å². The first-order valence-electron chi connectivity index (χ1n) is 12.1. The number of anilines is 3. The third-order valence-electron chi connectivity index (χ3n) is 6.68. The minimum atomic E-state index is 0.277. The minimum Gasteiger partial charge on any atom is -0.497 e. The molecule has 5 rings (SSSR count). The number of likely N-dealkylation sites (N-methyl/N-ethyl adjacent to an activating group) is 1. The lowest BCUT2D eigenvalue weighted by Crippen LogP contribution is -2.47. The highest BCUT2D eigenvalue weighted by Gasteiger charge is 2.27. The first-order chi connectivity index (χ1) is 17.5. The van der Waals surface area contributed by atoms with E-state index in [0.717, 1.165) is 53.8 Å². The number of methoxy groups -OCH3 is 1. The molecule has 1 N–H and O–H groups in total. The molecule has 0 amide bonds. The standard InChI is InChI=1S/C29H30ClN5O/c1-20-17-22(36-3)13-14-25(20)31-27-18-28(33-29(32-27)23-11-7-8-12-24(23)30)35-16-15-34(2)26(19-35)21-9-5-4-6-10-21/h4-14,17-18,26H,15-16,19H2,1-3H3,(H,31,32,33). The van der Waals surface area contributed by atoms with Crippen LogP contribution in [-0.4, -0.2) is 48.7 Å². The molecule has 7 heteroatoms. The Bertz CT molecular complexity index is 1350. The van der Waals surface area contributed by atoms with Crippen LogP contribution >= 0.6 is 11.6 Å². The van der Waals surface area contributed by atoms with E-state index in [0.29, 0.717) is 10.8 Å². The van der Waals surface area contributed by atoms with Gasteiger partial charge >= 0.3 is 0 Å². The SMILES string of the molecule is COc1ccc(Nc2cc(N3CCN(C)C(c4ccccc4)C3)nc(-c3ccccc3Cl)n2)c(C)c1. The Labute approximate surface area is 217 Å². The van der Waals surface area contributed by atoms with Crippen LogP contribution in [0.25, 0.3) is 11.4 Å². The Morgan fingerprint density at radius 2 is 1.72 bits per heavy atom. The fourth-order valence-electron chi connectivity index (χ4n) is 4.58. The monoisotopic (exact) mass is 499 g/mol. The molecule has 4 aromatic rings. The molecule has 0 radical (unpaired) electrons. The van der Waals surface area contributed by atoms with Crippen LogP contribution in [-0.2, 0) is 0 Å². The highest BCUT2D eigenvalue weighted by atomic mass is 35.5. The van der Waals surface area contributed by atoms with Crippen LogP contribution in [0.15, 0.2) is 78.9 Å². The van der Waals surface area contributed by atoms with Crippen molar-refractivity contribution in [2.45, 2.75) is 13.0 Å². The number of nitrogens with zero attached hydrogens (tertiary/aromatic N) is 4. The van der Waals surface area contributed by atoms with Gasteiger partial charge in [0.05, 0.1) is 18.2 Å². The molecule has 1 atom stereocenters. The number of nitrogens with one attached hydrogen (secondary N) is 1. The van der Waals surface area contributed by atoms with Gasteiger partial charge in [-0.05, 0) is 55.4 Å². The van der Waals surface area contributed by atoms with Gasteiger partial charge in [-0.1, -0.05) is 54.1 Å². The van der Waals surface area contributed by atoms with Gasteiger partial charge < -0.3 is 15.0 Å². The van der Waals surface area contributed by atoms with Gasteiger partial charge in [-0.15, -0.1) is 0 Å². The van der Waals surface area contributed by atoms with Crippen molar-refractivity contribution in [1.82, 2.24) is 14.9 Å². The number of benzene rings is 3. The van der Waals surface area contributed by atoms with Gasteiger partial charge in [0.1, 0.15) is 17.4 Å². The van der Waals surface area contributed by atoms with E-state index in [-0.39, 0.29) is 6.04 Å². The van der Waals surface area contributed by atoms with Crippen molar-refractivity contribution in [3.05, 3.63) is 95.0 Å². The lowest BCUT2D eigenvalue weighted by atomic mass is 10.0. The van der Waals surface area contributed by atoms with Crippen LogP contribution in [0, 0.1) is 6.92 Å². The molecule has 1 aromatic heterocycles. The van der Waals surface area contributed by atoms with Crippen molar-refractivity contribution in [1.29, 1.82) is 0 Å². The molecule has 0 saturated carbocycles. The third kappa shape index (κ3) is 5.15. The molecule has 1 saturated heterocycles. The molecule has 184 valence electrons. The molecule has 0 aliphatic carbocycles. The molecule has 3 aromatic carbocycles. The van der Waals surface area contributed by atoms with E-state index >= 15 is 0 Å². The lowest BCUT2D eigenvalue weighted by molar-refractivity contribution is 0.220. The fourth-order valence-corrected chi connectivity index (χ4v) is 4.80. The molecule has 1 aliphatic heterocycles. The van der Waals surface area contributed by atoms with Crippen molar-refractivity contribution in [3.8, 4) is 17.1 Å². The molecule has 6 nitrogen and oxygen atoms in total. The number of aryl methyl sites for hydroxylation is 1. The maximum absolute atomic E-state index is 6.56. The van der Waals surface area contributed by atoms with Gasteiger partial charge in [0.2, 0.25) is 0 Å². The average Bonchev–Trinajstić information content (AvgIpc) is 2.90. The predicted octanol–water partition coefficient (Wildman–Crippen LogP) is 6.35. The first kappa shape index (κ1) is 24.1. The van der Waals surface area contributed by atoms with Gasteiger partial charge in [-0.3, -0.25) is 4.90 Å². The normalized spacial score (nSPS) is 16.1. The van der Waals surface area contributed by atoms with Gasteiger partial charge in [0, 0.05) is 37.0 Å². The number of hydrogen-bond acceptors (Lipinski definition) is 6. The molecule has 0 bridgehead atoms. The summed E-state index contributed by atoms with van der Waals surface area (Å²) in [5.41, 5.74) is 4.14. The molecule has 2 heterocycles. The summed E-state index contributed by atoms with van der Waals surface area (Å²) < 4.78 is 5.37. The van der Waals surface area contributed by atoms with Crippen LogP contribution < -0.4 is 15.0 Å². The number of ether oxygens (including phenoxy) is 1. The Morgan fingerprint density at radius 3 is 2.47 bits per heavy atom. The van der Waals surface area contributed by atoms with Crippen LogP contribution in [0.2, 0.25) is 5.02 Å². The largest absolute Gasteiger partial charge is 0.497 e. The lowest BCUT2D eigenvalue weighted by Gasteiger charge is -2.40. The van der Waals surface area contributed by atoms with Crippen LogP contribution in [0.5, 0.6) is 5.75 Å². The molecular formula is C29H30ClN5O. The van der Waals surface area contributed by atoms with E-state index in [4.69, 9.17) is 26.3 Å². The maximum Gasteiger partial charge on any atom is 0.165 e. The predicted molar refractivity (Wildman–Crippen MR) is 148 cm³/mol. The van der Waals surface area contributed by atoms with E-state index in [1.807, 2.05) is 55.5 Å². The van der Waals surface area contributed by atoms with Crippen molar-refractivity contribution >= 4 is 28.9 Å². The second kappa shape index (κ2) is 10.6. The summed E-state index contributed by atoms with van der Waals surface area (Å²) in [5.74, 6) is 3.02. The minimum absolute atomic E-state index is 0.277. The van der Waals surface area contributed by atoms with Gasteiger partial charge in [-0.25, -0.2) is 9.97 Å². The summed E-state index contributed by atoms with van der Waals surface area (Å²) in [6, 6.07) is 26.6. The zero-order valence-electron chi connectivity index (χ0n) is 20.8. The highest BCUT2D eigenvalue weighted by Crippen LogP contribution is 2.32. The molecular weight excluding hydrogens is 470 g/mol. The van der Waals surface area contributed by atoms with Crippen molar-refractivity contribution in [2.75, 3.05) is 44.0 Å². The maximum atomic E-state index is 6.56. The quantitative estimate of drug-likeness (QED) is 0.333. The van der Waals surface area contributed by atoms with Crippen LogP contribution in [0.4, 0.5) is 17.3 Å². The van der Waals surface area contributed by atoms with E-state index in [2.05, 4.69) is 52.5 Å². The number of rotatable bonds is 6. The Morgan fingerprint density at radius 1 is 0.944 bits per heavy atom. The summed E-state index contributed by atoms with van der Waals surface area (Å²) in [4.78, 5) is 14.6. The van der Waals surface area contributed by atoms with E-state index in [1.165, 1.54) is 5.56 Å². The molecule has 36 heavy (non-hydrogen) atoms. The third-order valence-corrected chi connectivity index (χ3v) is 7.01. The molecule has 1 aliphatic rings. The Balaban J connectivity index is 1.53. The topological polar surface area (TPSA) is 53.5 Å². The first-order valence-corrected chi connectivity index (χ1v) is 12.5. The average molecular weight is 500 g/mol. The zero-order valence-corrected chi connectivity index (χ0v) is 21.5. The Hall–Kier alpha value is -3.61. The van der Waals surface area contributed by atoms with Crippen molar-refractivity contribution in [2.24, 2.45) is 0 Å². The number of halogens is 1. The van der Waals surface area contributed by atoms with Gasteiger partial charge in [0.15, 0.2) is 5.82 Å². The number of piperazine rings is 1. The smallest absolute Gasteiger partial charge is 0.165 e. The highest BCUT2D eigenvalue weighted by molar-refractivity contribution is 6.33. The summed E-state index contributed by atoms with van der Waals surface area (Å²) in [5, 5.41) is 4.12. The van der Waals surface area contributed by atoms with Crippen LogP contribution in [0.3, 0.4) is 0 Å². The summed E-state index contributed by atoms with van der Waals surface area (Å²) in [6.45, 7) is 4.69. The van der Waals surface area contributed by atoms with Gasteiger partial charge in [0.25, 0.3) is 0 Å². The molecule has 1 fully saturated rings. The van der Waals surface area contributed by atoms with E-state index < -0.39 is 0 Å². The summed E-state index contributed by atoms with van der Waals surface area (Å²) in [7, 11) is 3.86. The van der Waals surface area contributed by atoms with E-state index in [9.17, 15) is 0 Å². The summed E-state index contributed by atoms with van der Waals surface area (Å²) in [6.07, 6.45) is 0. The summed E-state index contributed by atoms with van der Waals surface area (Å²) >= 11 is 6.56. The van der Waals surface area contributed by atoms with Crippen LogP contribution in [0.1, 0.15) is 17.2 Å². The zero-order chi connectivity index (χ0) is 25.1. The fraction of sp³-hybridized carbons (Fsp3) is 0.241. The molecule has 0 spiro atoms. The second-order valence-electron chi connectivity index (χ2n) is 9.07. The number of hydrogen-bond donors (Lipinski definition) is 1. The second-order valence-corrected chi connectivity index (χ2v) is 9.48.